The van der Waals surface area contributed by atoms with E-state index in [0.29, 0.717) is 19.9 Å². The van der Waals surface area contributed by atoms with E-state index in [2.05, 4.69) is 5.10 Å². The molecule has 0 saturated heterocycles. The molecule has 0 fully saturated rings. The van der Waals surface area contributed by atoms with Crippen LogP contribution >= 0.6 is 34.5 Å². The molecule has 1 N–H and O–H groups in total. The maximum atomic E-state index is 11.3. The Morgan fingerprint density at radius 2 is 2.05 bits per heavy atom. The van der Waals surface area contributed by atoms with E-state index in [1.54, 1.807) is 10.7 Å². The fourth-order valence-electron chi connectivity index (χ4n) is 1.57. The topological polar surface area (TPSA) is 55.1 Å². The van der Waals surface area contributed by atoms with Crippen molar-refractivity contribution >= 4 is 40.5 Å². The molecule has 0 aliphatic carbocycles. The molecule has 2 rings (SSSR count). The summed E-state index contributed by atoms with van der Waals surface area (Å²) in [7, 11) is 0. The second-order valence-corrected chi connectivity index (χ2v) is 7.34. The normalized spacial score (nSPS) is 11.8. The Morgan fingerprint density at radius 3 is 2.47 bits per heavy atom. The molecular weight excluding hydrogens is 307 g/mol. The average molecular weight is 319 g/mol. The van der Waals surface area contributed by atoms with E-state index >= 15 is 0 Å². The summed E-state index contributed by atoms with van der Waals surface area (Å²) in [5.41, 5.74) is 0.702. The van der Waals surface area contributed by atoms with Crippen LogP contribution in [0.25, 0.3) is 11.3 Å². The van der Waals surface area contributed by atoms with Crippen LogP contribution in [0.3, 0.4) is 0 Å². The van der Waals surface area contributed by atoms with E-state index < -0.39 is 5.97 Å². The zero-order valence-corrected chi connectivity index (χ0v) is 12.9. The molecule has 2 heterocycles. The molecule has 0 spiro atoms. The maximum Gasteiger partial charge on any atom is 0.339 e. The molecular formula is C12H12Cl2N2O2S. The Morgan fingerprint density at radius 1 is 1.42 bits per heavy atom. The van der Waals surface area contributed by atoms with Gasteiger partial charge >= 0.3 is 5.97 Å². The quantitative estimate of drug-likeness (QED) is 0.894. The van der Waals surface area contributed by atoms with Crippen LogP contribution < -0.4 is 0 Å². The fraction of sp³-hybridized carbons (Fsp3) is 0.333. The molecule has 2 aromatic rings. The molecule has 4 nitrogen and oxygen atoms in total. The van der Waals surface area contributed by atoms with Gasteiger partial charge < -0.3 is 5.11 Å². The number of thiophene rings is 1. The second kappa shape index (κ2) is 4.81. The van der Waals surface area contributed by atoms with E-state index in [1.807, 2.05) is 20.8 Å². The standard InChI is InChI=1S/C12H12Cl2N2O2S/c1-12(2,3)16-5-7(11(17)18)9(15-16)6-4-8(13)19-10(6)14/h4-5H,1-3H3,(H,17,18). The Kier molecular flexibility index (Phi) is 3.64. The number of halogens is 2. The Hall–Kier alpha value is -1.04. The Labute approximate surface area is 124 Å². The Balaban J connectivity index is 2.65. The van der Waals surface area contributed by atoms with Crippen LogP contribution in [-0.2, 0) is 5.54 Å². The predicted molar refractivity (Wildman–Crippen MR) is 77.5 cm³/mol. The first-order chi connectivity index (χ1) is 8.70. The SMILES string of the molecule is CC(C)(C)n1cc(C(=O)O)c(-c2cc(Cl)sc2Cl)n1. The molecule has 0 aliphatic heterocycles. The third-order valence-electron chi connectivity index (χ3n) is 2.54. The van der Waals surface area contributed by atoms with Gasteiger partial charge in [-0.1, -0.05) is 23.2 Å². The van der Waals surface area contributed by atoms with Gasteiger partial charge in [-0.25, -0.2) is 4.79 Å². The molecule has 102 valence electrons. The zero-order chi connectivity index (χ0) is 14.4. The first-order valence-electron chi connectivity index (χ1n) is 5.49. The maximum absolute atomic E-state index is 11.3. The minimum Gasteiger partial charge on any atom is -0.478 e. The third kappa shape index (κ3) is 2.78. The molecule has 0 unspecified atom stereocenters. The van der Waals surface area contributed by atoms with Crippen LogP contribution in [0.1, 0.15) is 31.1 Å². The van der Waals surface area contributed by atoms with Crippen LogP contribution in [-0.4, -0.2) is 20.9 Å². The minimum atomic E-state index is -1.04. The number of carboxylic acids is 1. The number of carboxylic acid groups (broad SMARTS) is 1. The van der Waals surface area contributed by atoms with Gasteiger partial charge in [-0.15, -0.1) is 11.3 Å². The van der Waals surface area contributed by atoms with Crippen molar-refractivity contribution in [2.75, 3.05) is 0 Å². The van der Waals surface area contributed by atoms with Gasteiger partial charge in [0.05, 0.1) is 9.88 Å². The number of aromatic nitrogens is 2. The fourth-order valence-corrected chi connectivity index (χ4v) is 3.04. The summed E-state index contributed by atoms with van der Waals surface area (Å²) in [5, 5.41) is 13.6. The van der Waals surface area contributed by atoms with E-state index in [1.165, 1.54) is 17.5 Å². The van der Waals surface area contributed by atoms with Crippen molar-refractivity contribution in [2.24, 2.45) is 0 Å². The van der Waals surface area contributed by atoms with Gasteiger partial charge in [0.2, 0.25) is 0 Å². The van der Waals surface area contributed by atoms with Gasteiger partial charge in [0.15, 0.2) is 0 Å². The number of rotatable bonds is 2. The number of hydrogen-bond donors (Lipinski definition) is 1. The molecule has 7 heteroatoms. The summed E-state index contributed by atoms with van der Waals surface area (Å²) in [4.78, 5) is 11.3. The molecule has 0 radical (unpaired) electrons. The van der Waals surface area contributed by atoms with E-state index in [9.17, 15) is 9.90 Å². The summed E-state index contributed by atoms with van der Waals surface area (Å²) in [6.07, 6.45) is 1.51. The smallest absolute Gasteiger partial charge is 0.339 e. The van der Waals surface area contributed by atoms with Gasteiger partial charge in [0.25, 0.3) is 0 Å². The molecule has 0 atom stereocenters. The van der Waals surface area contributed by atoms with E-state index in [-0.39, 0.29) is 11.1 Å². The number of carbonyl (C=O) groups is 1. The molecule has 19 heavy (non-hydrogen) atoms. The number of aromatic carboxylic acids is 1. The molecule has 0 saturated carbocycles. The lowest BCUT2D eigenvalue weighted by Crippen LogP contribution is -2.22. The summed E-state index contributed by atoms with van der Waals surface area (Å²) in [6, 6.07) is 1.64. The number of hydrogen-bond acceptors (Lipinski definition) is 3. The first-order valence-corrected chi connectivity index (χ1v) is 7.06. The lowest BCUT2D eigenvalue weighted by molar-refractivity contribution is 0.0697. The summed E-state index contributed by atoms with van der Waals surface area (Å²) in [6.45, 7) is 5.83. The lowest BCUT2D eigenvalue weighted by atomic mass is 10.1. The molecule has 0 aromatic carbocycles. The molecule has 0 bridgehead atoms. The molecule has 2 aromatic heterocycles. The summed E-state index contributed by atoms with van der Waals surface area (Å²) in [5.74, 6) is -1.04. The predicted octanol–water partition coefficient (Wildman–Crippen LogP) is 4.37. The number of nitrogens with zero attached hydrogens (tertiary/aromatic N) is 2. The van der Waals surface area contributed by atoms with Crippen LogP contribution in [0, 0.1) is 0 Å². The van der Waals surface area contributed by atoms with Crippen LogP contribution in [0.2, 0.25) is 8.67 Å². The lowest BCUT2D eigenvalue weighted by Gasteiger charge is -2.18. The third-order valence-corrected chi connectivity index (χ3v) is 4.03. The van der Waals surface area contributed by atoms with Gasteiger partial charge in [0, 0.05) is 11.8 Å². The highest BCUT2D eigenvalue weighted by Crippen LogP contribution is 2.39. The zero-order valence-electron chi connectivity index (χ0n) is 10.6. The van der Waals surface area contributed by atoms with Gasteiger partial charge in [-0.2, -0.15) is 5.10 Å². The van der Waals surface area contributed by atoms with E-state index in [4.69, 9.17) is 23.2 Å². The van der Waals surface area contributed by atoms with Crippen LogP contribution in [0.15, 0.2) is 12.3 Å². The minimum absolute atomic E-state index is 0.117. The summed E-state index contributed by atoms with van der Waals surface area (Å²) >= 11 is 13.2. The highest BCUT2D eigenvalue weighted by atomic mass is 35.5. The van der Waals surface area contributed by atoms with Gasteiger partial charge in [0.1, 0.15) is 15.6 Å². The highest BCUT2D eigenvalue weighted by molar-refractivity contribution is 7.20. The molecule has 0 aliphatic rings. The van der Waals surface area contributed by atoms with Crippen molar-refractivity contribution in [3.05, 3.63) is 26.5 Å². The van der Waals surface area contributed by atoms with Crippen molar-refractivity contribution < 1.29 is 9.90 Å². The van der Waals surface area contributed by atoms with Crippen molar-refractivity contribution in [3.63, 3.8) is 0 Å². The average Bonchev–Trinajstić information content (AvgIpc) is 2.80. The van der Waals surface area contributed by atoms with Gasteiger partial charge in [-0.05, 0) is 26.8 Å². The second-order valence-electron chi connectivity index (χ2n) is 5.05. The van der Waals surface area contributed by atoms with Crippen molar-refractivity contribution in [2.45, 2.75) is 26.3 Å². The van der Waals surface area contributed by atoms with Crippen molar-refractivity contribution in [1.29, 1.82) is 0 Å². The van der Waals surface area contributed by atoms with Crippen LogP contribution in [0.4, 0.5) is 0 Å². The first kappa shape index (κ1) is 14.4. The van der Waals surface area contributed by atoms with Crippen molar-refractivity contribution in [1.82, 2.24) is 9.78 Å². The monoisotopic (exact) mass is 318 g/mol. The van der Waals surface area contributed by atoms with E-state index in [0.717, 1.165) is 0 Å². The molecule has 0 amide bonds. The Bertz CT molecular complexity index is 641. The largest absolute Gasteiger partial charge is 0.478 e. The summed E-state index contributed by atoms with van der Waals surface area (Å²) < 4.78 is 2.56. The van der Waals surface area contributed by atoms with Gasteiger partial charge in [-0.3, -0.25) is 4.68 Å². The van der Waals surface area contributed by atoms with Crippen molar-refractivity contribution in [3.8, 4) is 11.3 Å². The highest BCUT2D eigenvalue weighted by Gasteiger charge is 2.24. The van der Waals surface area contributed by atoms with Crippen LogP contribution in [0.5, 0.6) is 0 Å².